The fourth-order valence-electron chi connectivity index (χ4n) is 11.6. The number of esters is 1. The Bertz CT molecular complexity index is 3520. The van der Waals surface area contributed by atoms with Crippen molar-refractivity contribution in [3.8, 4) is 27.3 Å². The van der Waals surface area contributed by atoms with Crippen LogP contribution in [0.15, 0.2) is 103 Å². The number of pyridine rings is 1. The van der Waals surface area contributed by atoms with E-state index in [1.54, 1.807) is 11.3 Å². The molecule has 0 radical (unpaired) electrons. The Hall–Kier alpha value is -7.54. The van der Waals surface area contributed by atoms with Crippen molar-refractivity contribution < 1.29 is 38.6 Å². The van der Waals surface area contributed by atoms with Gasteiger partial charge in [0, 0.05) is 43.6 Å². The number of carbonyl (C=O) groups excluding carboxylic acids is 5. The average molecular weight is 1160 g/mol. The lowest BCUT2D eigenvalue weighted by molar-refractivity contribution is -0.144. The molecule has 1 saturated carbocycles. The number of β-amino-alcohol motifs (C(OH)–C–C–N with tert-alkyl or cyclic N) is 1. The molecule has 0 spiro atoms. The van der Waals surface area contributed by atoms with Crippen molar-refractivity contribution in [3.63, 3.8) is 0 Å². The third-order valence-electron chi connectivity index (χ3n) is 16.0. The molecule has 5 heterocycles. The van der Waals surface area contributed by atoms with Gasteiger partial charge in [0.05, 0.1) is 44.5 Å². The number of aliphatic hydroxyl groups excluding tert-OH is 1. The lowest BCUT2D eigenvalue weighted by Crippen LogP contribution is -2.58. The highest BCUT2D eigenvalue weighted by Gasteiger charge is 2.45. The number of benzene rings is 4. The van der Waals surface area contributed by atoms with Gasteiger partial charge in [-0.05, 0) is 155 Å². The first kappa shape index (κ1) is 58.6. The summed E-state index contributed by atoms with van der Waals surface area (Å²) >= 11 is 3.01. The van der Waals surface area contributed by atoms with Crippen LogP contribution in [0.1, 0.15) is 142 Å². The van der Waals surface area contributed by atoms with Crippen LogP contribution in [0, 0.1) is 25.2 Å². The van der Waals surface area contributed by atoms with Gasteiger partial charge in [-0.2, -0.15) is 0 Å². The number of likely N-dealkylation sites (tertiary alicyclic amines) is 1. The molecule has 434 valence electrons. The number of carbonyl (C=O) groups is 5. The maximum Gasteiger partial charge on any atom is 0.358 e. The summed E-state index contributed by atoms with van der Waals surface area (Å²) in [5.74, 6) is -0.448. The Morgan fingerprint density at radius 1 is 0.831 bits per heavy atom. The van der Waals surface area contributed by atoms with Crippen molar-refractivity contribution in [3.05, 3.63) is 142 Å². The van der Waals surface area contributed by atoms with Gasteiger partial charge in [0.25, 0.3) is 5.91 Å². The third-order valence-corrected chi connectivity index (χ3v) is 18.0. The Kier molecular flexibility index (Phi) is 17.2. The van der Waals surface area contributed by atoms with Crippen LogP contribution in [0.4, 0.5) is 10.9 Å². The van der Waals surface area contributed by atoms with Crippen molar-refractivity contribution in [1.82, 2.24) is 30.5 Å². The van der Waals surface area contributed by atoms with Gasteiger partial charge in [0.15, 0.2) is 10.8 Å². The minimum atomic E-state index is -0.931. The van der Waals surface area contributed by atoms with Crippen LogP contribution in [-0.2, 0) is 32.1 Å². The van der Waals surface area contributed by atoms with Crippen LogP contribution in [-0.4, -0.2) is 97.5 Å². The molecule has 1 saturated heterocycles. The lowest BCUT2D eigenvalue weighted by Gasteiger charge is -2.36. The number of rotatable bonds is 15. The number of fused-ring (bicyclic) bond motifs is 2. The molecule has 7 aromatic rings. The Labute approximate surface area is 493 Å². The fraction of sp³-hybridized carbons (Fsp3) is 0.415. The predicted molar refractivity (Wildman–Crippen MR) is 326 cm³/mol. The summed E-state index contributed by atoms with van der Waals surface area (Å²) in [7, 11) is 0. The van der Waals surface area contributed by atoms with E-state index < -0.39 is 41.1 Å². The van der Waals surface area contributed by atoms with E-state index in [1.807, 2.05) is 159 Å². The molecule has 16 nitrogen and oxygen atoms in total. The number of para-hydroxylation sites is 1. The molecule has 3 aliphatic rings. The number of hydrogen-bond acceptors (Lipinski definition) is 14. The first-order valence-electron chi connectivity index (χ1n) is 28.7. The molecule has 18 heteroatoms. The van der Waals surface area contributed by atoms with Crippen molar-refractivity contribution in [2.75, 3.05) is 23.3 Å². The van der Waals surface area contributed by atoms with Crippen LogP contribution in [0.3, 0.4) is 0 Å². The second-order valence-electron chi connectivity index (χ2n) is 24.4. The second-order valence-corrected chi connectivity index (χ2v) is 26.3. The van der Waals surface area contributed by atoms with Gasteiger partial charge >= 0.3 is 5.97 Å². The van der Waals surface area contributed by atoms with Crippen molar-refractivity contribution in [2.24, 2.45) is 11.3 Å². The normalized spacial score (nSPS) is 18.9. The molecular weight excluding hydrogens is 1080 g/mol. The largest absolute Gasteiger partial charge is 0.490 e. The van der Waals surface area contributed by atoms with E-state index in [0.717, 1.165) is 67.0 Å². The second kappa shape index (κ2) is 24.3. The highest BCUT2D eigenvalue weighted by atomic mass is 32.1. The van der Waals surface area contributed by atoms with Gasteiger partial charge in [-0.1, -0.05) is 92.8 Å². The summed E-state index contributed by atoms with van der Waals surface area (Å²) in [4.78, 5) is 88.9. The lowest BCUT2D eigenvalue weighted by atomic mass is 9.83. The summed E-state index contributed by atoms with van der Waals surface area (Å²) < 4.78 is 13.7. The Balaban J connectivity index is 0.769. The summed E-state index contributed by atoms with van der Waals surface area (Å²) in [5.41, 5.74) is 9.02. The number of amides is 4. The van der Waals surface area contributed by atoms with E-state index in [9.17, 15) is 29.1 Å². The van der Waals surface area contributed by atoms with E-state index >= 15 is 0 Å². The number of hydrogen-bond donors (Lipinski definition) is 4. The first-order chi connectivity index (χ1) is 39.6. The van der Waals surface area contributed by atoms with Crippen molar-refractivity contribution in [2.45, 2.75) is 150 Å². The molecule has 83 heavy (non-hydrogen) atoms. The number of aliphatic hydroxyl groups is 1. The highest BCUT2D eigenvalue weighted by Crippen LogP contribution is 2.38. The molecule has 10 rings (SSSR count). The number of ether oxygens (including phenoxy) is 2. The minimum absolute atomic E-state index is 0.00991. The van der Waals surface area contributed by atoms with Crippen LogP contribution in [0.25, 0.3) is 31.8 Å². The van der Waals surface area contributed by atoms with Crippen LogP contribution >= 0.6 is 22.7 Å². The van der Waals surface area contributed by atoms with E-state index in [0.29, 0.717) is 60.2 Å². The number of nitrogens with zero attached hydrogens (tertiary/aromatic N) is 5. The summed E-state index contributed by atoms with van der Waals surface area (Å²) in [5, 5.41) is 20.5. The highest BCUT2D eigenvalue weighted by molar-refractivity contribution is 7.22. The number of anilines is 2. The molecule has 0 bridgehead atoms. The maximum atomic E-state index is 14.4. The van der Waals surface area contributed by atoms with Crippen LogP contribution < -0.4 is 25.6 Å². The zero-order valence-electron chi connectivity index (χ0n) is 48.7. The number of nitrogens with one attached hydrogen (secondary N) is 3. The molecule has 4 N–H and O–H groups in total. The van der Waals surface area contributed by atoms with Crippen LogP contribution in [0.2, 0.25) is 0 Å². The number of thiazole rings is 2. The number of aromatic nitrogens is 3. The summed E-state index contributed by atoms with van der Waals surface area (Å²) in [6.45, 7) is 18.0. The minimum Gasteiger partial charge on any atom is -0.490 e. The Morgan fingerprint density at radius 2 is 1.58 bits per heavy atom. The van der Waals surface area contributed by atoms with Gasteiger partial charge in [0.2, 0.25) is 17.7 Å². The van der Waals surface area contributed by atoms with E-state index in [-0.39, 0.29) is 60.9 Å². The zero-order valence-corrected chi connectivity index (χ0v) is 50.3. The Morgan fingerprint density at radius 3 is 2.29 bits per heavy atom. The molecule has 4 amide bonds. The molecule has 2 fully saturated rings. The van der Waals surface area contributed by atoms with E-state index in [1.165, 1.54) is 16.2 Å². The fourth-order valence-corrected chi connectivity index (χ4v) is 13.2. The molecule has 3 aromatic heterocycles. The predicted octanol–water partition coefficient (Wildman–Crippen LogP) is 11.6. The van der Waals surface area contributed by atoms with Gasteiger partial charge in [0.1, 0.15) is 29.3 Å². The van der Waals surface area contributed by atoms with Gasteiger partial charge in [-0.25, -0.2) is 19.7 Å². The van der Waals surface area contributed by atoms with Gasteiger partial charge < -0.3 is 35.0 Å². The summed E-state index contributed by atoms with van der Waals surface area (Å²) in [6, 6.07) is 29.0. The average Bonchev–Trinajstić information content (AvgIpc) is 4.37. The topological polar surface area (TPSA) is 205 Å². The standard InChI is InChI=1S/C65H74N8O8S2/c1-37-46(47-28-29-54(69-56(47)62(79)81-65(7,8)9)72-31-30-42-14-12-16-48(49(42)35-72)59(76)71-63-68-50-17-10-11-19-53(50)83-63)15-13-18-52(37)80-45-26-20-40(21-27-45)32-55(75)70-58(64(4,5)6)61(78)73-34-44(74)33-51(73)60(77)67-38(2)41-22-24-43(25-23-41)57-39(3)66-36-82-57/h10-19,22-25,28-29,36,38,40,44-45,51,58,74H,20-21,26-27,30-35H2,1-9H3,(H,67,77)(H,70,75)(H,68,71,76)/t38-,40?,44+,45?,51-,58+/m0/s1. The molecule has 0 unspecified atom stereocenters. The number of aryl methyl sites for hydroxylation is 1. The SMILES string of the molecule is Cc1ncsc1-c1ccc([C@H](C)NC(=O)[C@@H]2C[C@@H](O)CN2C(=O)[C@@H](NC(=O)CC2CCC(Oc3cccc(-c4ccc(N5CCc6cccc(C(=O)Nc7nc8ccccc8s7)c6C5)nc4C(=O)OC(C)(C)C)c3C)CC2)C(C)(C)C)cc1. The van der Waals surface area contributed by atoms with E-state index in [2.05, 4.69) is 36.9 Å². The van der Waals surface area contributed by atoms with Gasteiger partial charge in [-0.15, -0.1) is 11.3 Å². The molecule has 1 aliphatic carbocycles. The molecule has 2 aliphatic heterocycles. The smallest absolute Gasteiger partial charge is 0.358 e. The van der Waals surface area contributed by atoms with Crippen molar-refractivity contribution in [1.29, 1.82) is 0 Å². The molecular formula is C65H74N8O8S2. The zero-order chi connectivity index (χ0) is 58.9. The summed E-state index contributed by atoms with van der Waals surface area (Å²) in [6.07, 6.45) is 2.90. The molecule has 4 atom stereocenters. The van der Waals surface area contributed by atoms with Crippen LogP contribution in [0.5, 0.6) is 5.75 Å². The quantitative estimate of drug-likeness (QED) is 0.0708. The molecule has 4 aromatic carbocycles. The van der Waals surface area contributed by atoms with E-state index in [4.69, 9.17) is 14.5 Å². The first-order valence-corrected chi connectivity index (χ1v) is 30.4. The monoisotopic (exact) mass is 1160 g/mol. The van der Waals surface area contributed by atoms with Crippen molar-refractivity contribution >= 4 is 73.4 Å². The maximum absolute atomic E-state index is 14.4. The van der Waals surface area contributed by atoms with Gasteiger partial charge in [-0.3, -0.25) is 24.5 Å². The third kappa shape index (κ3) is 13.5.